The van der Waals surface area contributed by atoms with E-state index in [1.807, 2.05) is 25.1 Å². The van der Waals surface area contributed by atoms with Crippen molar-refractivity contribution in [2.75, 3.05) is 37.0 Å². The van der Waals surface area contributed by atoms with Gasteiger partial charge in [-0.05, 0) is 42.8 Å². The first kappa shape index (κ1) is 21.1. The molecular weight excluding hydrogens is 414 g/mol. The standard InChI is InChI=1S/C23H25N3O4S/c1-3-4-12-30-22(28)15-8-10-17(11-9-15)24-21(27)16-13-26(14-16)23-25-20-18(29-2)6-5-7-19(20)31-23/h5-11,16H,3-4,12-14H2,1-2H3,(H,24,27). The largest absolute Gasteiger partial charge is 0.494 e. The van der Waals surface area contributed by atoms with Crippen LogP contribution in [0.3, 0.4) is 0 Å². The number of nitrogens with zero attached hydrogens (tertiary/aromatic N) is 2. The monoisotopic (exact) mass is 439 g/mol. The maximum Gasteiger partial charge on any atom is 0.338 e. The normalized spacial score (nSPS) is 13.7. The first-order valence-electron chi connectivity index (χ1n) is 10.4. The van der Waals surface area contributed by atoms with Gasteiger partial charge in [0.15, 0.2) is 5.13 Å². The molecule has 8 heteroatoms. The lowest BCUT2D eigenvalue weighted by Gasteiger charge is -2.37. The molecule has 1 saturated heterocycles. The Bertz CT molecular complexity index is 1070. The molecule has 0 saturated carbocycles. The quantitative estimate of drug-likeness (QED) is 0.415. The van der Waals surface area contributed by atoms with E-state index in [4.69, 9.17) is 9.47 Å². The van der Waals surface area contributed by atoms with Gasteiger partial charge in [0.05, 0.1) is 29.9 Å². The summed E-state index contributed by atoms with van der Waals surface area (Å²) in [7, 11) is 1.64. The third-order valence-corrected chi connectivity index (χ3v) is 6.31. The van der Waals surface area contributed by atoms with Gasteiger partial charge in [-0.15, -0.1) is 0 Å². The SMILES string of the molecule is CCCCOC(=O)c1ccc(NC(=O)C2CN(c3nc4c(OC)cccc4s3)C2)cc1. The number of benzene rings is 2. The van der Waals surface area contributed by atoms with Crippen LogP contribution >= 0.6 is 11.3 Å². The highest BCUT2D eigenvalue weighted by molar-refractivity contribution is 7.22. The molecule has 7 nitrogen and oxygen atoms in total. The van der Waals surface area contributed by atoms with Gasteiger partial charge >= 0.3 is 5.97 Å². The summed E-state index contributed by atoms with van der Waals surface area (Å²) in [4.78, 5) is 31.3. The number of amides is 1. The van der Waals surface area contributed by atoms with E-state index >= 15 is 0 Å². The number of esters is 1. The Morgan fingerprint density at radius 2 is 1.97 bits per heavy atom. The number of methoxy groups -OCH3 is 1. The third-order valence-electron chi connectivity index (χ3n) is 5.23. The third kappa shape index (κ3) is 4.64. The number of carbonyl (C=O) groups excluding carboxylic acids is 2. The number of ether oxygens (including phenoxy) is 2. The van der Waals surface area contributed by atoms with Crippen molar-refractivity contribution in [2.45, 2.75) is 19.8 Å². The maximum absolute atomic E-state index is 12.6. The topological polar surface area (TPSA) is 80.8 Å². The van der Waals surface area contributed by atoms with E-state index in [9.17, 15) is 9.59 Å². The number of fused-ring (bicyclic) bond motifs is 1. The number of aromatic nitrogens is 1. The minimum absolute atomic E-state index is 0.0341. The molecule has 0 aliphatic carbocycles. The molecular formula is C23H25N3O4S. The smallest absolute Gasteiger partial charge is 0.338 e. The molecule has 0 bridgehead atoms. The Balaban J connectivity index is 1.30. The molecule has 31 heavy (non-hydrogen) atoms. The van der Waals surface area contributed by atoms with Crippen molar-refractivity contribution in [1.29, 1.82) is 0 Å². The van der Waals surface area contributed by atoms with Crippen LogP contribution in [0.25, 0.3) is 10.2 Å². The summed E-state index contributed by atoms with van der Waals surface area (Å²) in [6.07, 6.45) is 1.83. The van der Waals surface area contributed by atoms with Gasteiger partial charge in [-0.1, -0.05) is 30.7 Å². The average molecular weight is 440 g/mol. The number of carbonyl (C=O) groups is 2. The molecule has 2 heterocycles. The predicted octanol–water partition coefficient (Wildman–Crippen LogP) is 4.34. The van der Waals surface area contributed by atoms with Crippen molar-refractivity contribution in [2.24, 2.45) is 5.92 Å². The number of thiazole rings is 1. The zero-order valence-electron chi connectivity index (χ0n) is 17.6. The molecule has 1 N–H and O–H groups in total. The zero-order valence-corrected chi connectivity index (χ0v) is 18.4. The summed E-state index contributed by atoms with van der Waals surface area (Å²) in [6, 6.07) is 12.7. The van der Waals surface area contributed by atoms with Gasteiger partial charge in [0.2, 0.25) is 5.91 Å². The molecule has 1 fully saturated rings. The summed E-state index contributed by atoms with van der Waals surface area (Å²) < 4.78 is 11.6. The van der Waals surface area contributed by atoms with Crippen molar-refractivity contribution >= 4 is 44.2 Å². The van der Waals surface area contributed by atoms with E-state index in [1.54, 1.807) is 42.7 Å². The molecule has 0 unspecified atom stereocenters. The lowest BCUT2D eigenvalue weighted by atomic mass is 10.00. The Morgan fingerprint density at radius 1 is 1.19 bits per heavy atom. The van der Waals surface area contributed by atoms with E-state index in [2.05, 4.69) is 15.2 Å². The van der Waals surface area contributed by atoms with Gasteiger partial charge in [0, 0.05) is 18.8 Å². The van der Waals surface area contributed by atoms with Gasteiger partial charge in [-0.25, -0.2) is 9.78 Å². The Morgan fingerprint density at radius 3 is 2.68 bits per heavy atom. The lowest BCUT2D eigenvalue weighted by Crippen LogP contribution is -2.52. The molecule has 0 radical (unpaired) electrons. The molecule has 4 rings (SSSR count). The van der Waals surface area contributed by atoms with Crippen LogP contribution in [0.1, 0.15) is 30.1 Å². The molecule has 1 aliphatic heterocycles. The van der Waals surface area contributed by atoms with E-state index in [1.165, 1.54) is 0 Å². The molecule has 3 aromatic rings. The Kier molecular flexibility index (Phi) is 6.36. The predicted molar refractivity (Wildman–Crippen MR) is 122 cm³/mol. The second-order valence-electron chi connectivity index (χ2n) is 7.46. The highest BCUT2D eigenvalue weighted by atomic mass is 32.1. The molecule has 2 aromatic carbocycles. The van der Waals surface area contributed by atoms with Crippen molar-refractivity contribution in [3.63, 3.8) is 0 Å². The minimum atomic E-state index is -0.339. The average Bonchev–Trinajstić information content (AvgIpc) is 3.17. The van der Waals surface area contributed by atoms with Crippen molar-refractivity contribution in [1.82, 2.24) is 4.98 Å². The Hall–Kier alpha value is -3.13. The Labute approximate surface area is 185 Å². The summed E-state index contributed by atoms with van der Waals surface area (Å²) in [6.45, 7) is 3.71. The number of para-hydroxylation sites is 1. The number of rotatable bonds is 8. The second kappa shape index (κ2) is 9.34. The molecule has 162 valence electrons. The van der Waals surface area contributed by atoms with E-state index in [0.29, 0.717) is 30.9 Å². The molecule has 1 amide bonds. The van der Waals surface area contributed by atoms with Crippen LogP contribution in [0.4, 0.5) is 10.8 Å². The summed E-state index contributed by atoms with van der Waals surface area (Å²) in [5.41, 5.74) is 2.00. The first-order valence-corrected chi connectivity index (χ1v) is 11.2. The fraction of sp³-hybridized carbons (Fsp3) is 0.348. The van der Waals surface area contributed by atoms with Gasteiger partial charge in [0.1, 0.15) is 11.3 Å². The highest BCUT2D eigenvalue weighted by Crippen LogP contribution is 2.36. The molecule has 1 aliphatic rings. The first-order chi connectivity index (χ1) is 15.1. The van der Waals surface area contributed by atoms with Gasteiger partial charge in [0.25, 0.3) is 0 Å². The van der Waals surface area contributed by atoms with Crippen LogP contribution in [-0.4, -0.2) is 43.7 Å². The molecule has 1 aromatic heterocycles. The van der Waals surface area contributed by atoms with E-state index < -0.39 is 0 Å². The number of unbranched alkanes of at least 4 members (excludes halogenated alkanes) is 1. The van der Waals surface area contributed by atoms with E-state index in [0.717, 1.165) is 33.9 Å². The van der Waals surface area contributed by atoms with Gasteiger partial charge in [-0.3, -0.25) is 4.79 Å². The molecule has 0 atom stereocenters. The lowest BCUT2D eigenvalue weighted by molar-refractivity contribution is -0.120. The van der Waals surface area contributed by atoms with E-state index in [-0.39, 0.29) is 17.8 Å². The highest BCUT2D eigenvalue weighted by Gasteiger charge is 2.34. The van der Waals surface area contributed by atoms with Crippen LogP contribution < -0.4 is 15.0 Å². The number of nitrogens with one attached hydrogen (secondary N) is 1. The zero-order chi connectivity index (χ0) is 21.8. The number of hydrogen-bond donors (Lipinski definition) is 1. The summed E-state index contributed by atoms with van der Waals surface area (Å²) in [5.74, 6) is 0.279. The van der Waals surface area contributed by atoms with Crippen LogP contribution in [0.5, 0.6) is 5.75 Å². The summed E-state index contributed by atoms with van der Waals surface area (Å²) >= 11 is 1.60. The fourth-order valence-electron chi connectivity index (χ4n) is 3.34. The minimum Gasteiger partial charge on any atom is -0.494 e. The van der Waals surface area contributed by atoms with Gasteiger partial charge in [-0.2, -0.15) is 0 Å². The van der Waals surface area contributed by atoms with Crippen LogP contribution in [0.2, 0.25) is 0 Å². The number of anilines is 2. The van der Waals surface area contributed by atoms with Crippen molar-refractivity contribution < 1.29 is 19.1 Å². The molecule has 0 spiro atoms. The van der Waals surface area contributed by atoms with Crippen molar-refractivity contribution in [3.05, 3.63) is 48.0 Å². The maximum atomic E-state index is 12.6. The van der Waals surface area contributed by atoms with Crippen LogP contribution in [0, 0.1) is 5.92 Å². The summed E-state index contributed by atoms with van der Waals surface area (Å²) in [5, 5.41) is 3.82. The number of hydrogen-bond acceptors (Lipinski definition) is 7. The van der Waals surface area contributed by atoms with Gasteiger partial charge < -0.3 is 19.7 Å². The van der Waals surface area contributed by atoms with Crippen molar-refractivity contribution in [3.8, 4) is 5.75 Å². The van der Waals surface area contributed by atoms with Crippen LogP contribution in [-0.2, 0) is 9.53 Å². The van der Waals surface area contributed by atoms with Crippen LogP contribution in [0.15, 0.2) is 42.5 Å². The fourth-order valence-corrected chi connectivity index (χ4v) is 4.34. The second-order valence-corrected chi connectivity index (χ2v) is 8.47.